The predicted octanol–water partition coefficient (Wildman–Crippen LogP) is 2.92. The van der Waals surface area contributed by atoms with Crippen LogP contribution in [0.5, 0.6) is 0 Å². The number of nitrogens with zero attached hydrogens (tertiary/aromatic N) is 1. The maximum Gasteiger partial charge on any atom is 0.217 e. The zero-order valence-corrected chi connectivity index (χ0v) is 10.0. The van der Waals surface area contributed by atoms with E-state index >= 15 is 0 Å². The molecule has 1 unspecified atom stereocenters. The smallest absolute Gasteiger partial charge is 0.217 e. The van der Waals surface area contributed by atoms with Gasteiger partial charge in [0.15, 0.2) is 0 Å². The summed E-state index contributed by atoms with van der Waals surface area (Å²) < 4.78 is 0. The Bertz CT molecular complexity index is 164. The van der Waals surface area contributed by atoms with Gasteiger partial charge in [-0.15, -0.1) is 0 Å². The Balaban J connectivity index is 2.08. The van der Waals surface area contributed by atoms with Crippen LogP contribution in [-0.4, -0.2) is 30.3 Å². The summed E-state index contributed by atoms with van der Waals surface area (Å²) in [5, 5.41) is 0. The lowest BCUT2D eigenvalue weighted by atomic mass is 10.1. The van der Waals surface area contributed by atoms with E-state index in [1.807, 2.05) is 0 Å². The quantitative estimate of drug-likeness (QED) is 0.574. The molecule has 0 saturated carbocycles. The first-order valence-electron chi connectivity index (χ1n) is 6.50. The number of rotatable bonds is 8. The Morgan fingerprint density at radius 2 is 1.80 bits per heavy atom. The Labute approximate surface area is 94.0 Å². The molecule has 0 aromatic heterocycles. The highest BCUT2D eigenvalue weighted by Crippen LogP contribution is 2.15. The molecule has 1 saturated heterocycles. The first-order chi connectivity index (χ1) is 7.38. The second-order valence-corrected chi connectivity index (χ2v) is 4.58. The number of carbonyl (C=O) groups excluding carboxylic acids is 1. The largest absolute Gasteiger partial charge is 0.293 e. The van der Waals surface area contributed by atoms with E-state index in [2.05, 4.69) is 18.1 Å². The molecule has 2 nitrogen and oxygen atoms in total. The maximum absolute atomic E-state index is 10.8. The molecule has 1 atom stereocenters. The Hall–Kier alpha value is -0.370. The average molecular weight is 210 g/mol. The fourth-order valence-electron chi connectivity index (χ4n) is 2.31. The molecule has 1 rings (SSSR count). The van der Waals surface area contributed by atoms with Crippen molar-refractivity contribution in [3.63, 3.8) is 0 Å². The standard InChI is InChI=1S/C13H24NO/c1-2-3-4-5-6-9-13(12-15)14-10-7-8-11-14/h13H,2-11H2,1H3. The third-order valence-corrected chi connectivity index (χ3v) is 3.30. The first kappa shape index (κ1) is 12.7. The summed E-state index contributed by atoms with van der Waals surface area (Å²) in [5.41, 5.74) is 0. The van der Waals surface area contributed by atoms with Crippen LogP contribution in [0.4, 0.5) is 0 Å². The summed E-state index contributed by atoms with van der Waals surface area (Å²) in [6, 6.07) is 0.0918. The normalized spacial score (nSPS) is 19.3. The molecule has 1 radical (unpaired) electrons. The fourth-order valence-corrected chi connectivity index (χ4v) is 2.31. The maximum atomic E-state index is 10.8. The van der Waals surface area contributed by atoms with Crippen LogP contribution in [0, 0.1) is 0 Å². The van der Waals surface area contributed by atoms with E-state index in [-0.39, 0.29) is 6.04 Å². The molecular weight excluding hydrogens is 186 g/mol. The minimum absolute atomic E-state index is 0.0918. The van der Waals surface area contributed by atoms with E-state index < -0.39 is 0 Å². The van der Waals surface area contributed by atoms with Crippen molar-refractivity contribution in [2.24, 2.45) is 0 Å². The molecule has 87 valence electrons. The second-order valence-electron chi connectivity index (χ2n) is 4.58. The van der Waals surface area contributed by atoms with E-state index in [1.165, 1.54) is 44.9 Å². The van der Waals surface area contributed by atoms with Crippen molar-refractivity contribution in [2.75, 3.05) is 13.1 Å². The molecule has 0 spiro atoms. The van der Waals surface area contributed by atoms with E-state index in [0.717, 1.165) is 19.5 Å². The summed E-state index contributed by atoms with van der Waals surface area (Å²) >= 11 is 0. The van der Waals surface area contributed by atoms with Crippen LogP contribution in [0.15, 0.2) is 0 Å². The van der Waals surface area contributed by atoms with Gasteiger partial charge in [-0.1, -0.05) is 39.0 Å². The molecule has 15 heavy (non-hydrogen) atoms. The van der Waals surface area contributed by atoms with Gasteiger partial charge >= 0.3 is 0 Å². The van der Waals surface area contributed by atoms with Crippen LogP contribution in [0.3, 0.4) is 0 Å². The monoisotopic (exact) mass is 210 g/mol. The molecule has 0 N–H and O–H groups in total. The van der Waals surface area contributed by atoms with Crippen molar-refractivity contribution in [2.45, 2.75) is 64.3 Å². The summed E-state index contributed by atoms with van der Waals surface area (Å²) in [5.74, 6) is 0. The van der Waals surface area contributed by atoms with Gasteiger partial charge in [0.05, 0.1) is 6.04 Å². The van der Waals surface area contributed by atoms with E-state index in [1.54, 1.807) is 0 Å². The minimum atomic E-state index is 0.0918. The lowest BCUT2D eigenvalue weighted by Crippen LogP contribution is -2.33. The van der Waals surface area contributed by atoms with Gasteiger partial charge in [0.1, 0.15) is 0 Å². The van der Waals surface area contributed by atoms with Crippen LogP contribution in [0.1, 0.15) is 58.3 Å². The molecule has 1 aliphatic rings. The van der Waals surface area contributed by atoms with E-state index in [0.29, 0.717) is 0 Å². The molecule has 1 fully saturated rings. The van der Waals surface area contributed by atoms with Gasteiger partial charge in [-0.2, -0.15) is 0 Å². The first-order valence-corrected chi connectivity index (χ1v) is 6.50. The number of likely N-dealkylation sites (tertiary alicyclic amines) is 1. The van der Waals surface area contributed by atoms with Crippen LogP contribution in [0.2, 0.25) is 0 Å². The molecule has 1 aliphatic heterocycles. The zero-order chi connectivity index (χ0) is 10.9. The lowest BCUT2D eigenvalue weighted by Gasteiger charge is -2.21. The highest BCUT2D eigenvalue weighted by Gasteiger charge is 2.21. The third kappa shape index (κ3) is 4.78. The van der Waals surface area contributed by atoms with Crippen LogP contribution >= 0.6 is 0 Å². The van der Waals surface area contributed by atoms with E-state index in [4.69, 9.17) is 0 Å². The molecule has 0 aliphatic carbocycles. The van der Waals surface area contributed by atoms with E-state index in [9.17, 15) is 4.79 Å². The molecular formula is C13H24NO. The molecule has 0 aromatic carbocycles. The van der Waals surface area contributed by atoms with Gasteiger partial charge in [-0.25, -0.2) is 0 Å². The van der Waals surface area contributed by atoms with Crippen LogP contribution in [-0.2, 0) is 4.79 Å². The van der Waals surface area contributed by atoms with Gasteiger partial charge in [0.2, 0.25) is 6.29 Å². The molecule has 1 heterocycles. The van der Waals surface area contributed by atoms with Crippen molar-refractivity contribution in [1.29, 1.82) is 0 Å². The molecule has 0 aromatic rings. The highest BCUT2D eigenvalue weighted by molar-refractivity contribution is 5.58. The van der Waals surface area contributed by atoms with Crippen LogP contribution in [0.25, 0.3) is 0 Å². The molecule has 2 heteroatoms. The van der Waals surface area contributed by atoms with Crippen molar-refractivity contribution in [3.8, 4) is 0 Å². The Morgan fingerprint density at radius 3 is 2.40 bits per heavy atom. The average Bonchev–Trinajstić information content (AvgIpc) is 2.77. The zero-order valence-electron chi connectivity index (χ0n) is 10.0. The Kier molecular flexibility index (Phi) is 6.66. The van der Waals surface area contributed by atoms with Crippen molar-refractivity contribution < 1.29 is 4.79 Å². The topological polar surface area (TPSA) is 20.3 Å². The van der Waals surface area contributed by atoms with Gasteiger partial charge in [0.25, 0.3) is 0 Å². The van der Waals surface area contributed by atoms with Crippen LogP contribution < -0.4 is 0 Å². The number of hydrogen-bond acceptors (Lipinski definition) is 2. The van der Waals surface area contributed by atoms with Crippen molar-refractivity contribution in [3.05, 3.63) is 0 Å². The minimum Gasteiger partial charge on any atom is -0.293 e. The predicted molar refractivity (Wildman–Crippen MR) is 63.7 cm³/mol. The second kappa shape index (κ2) is 7.86. The fraction of sp³-hybridized carbons (Fsp3) is 0.923. The molecule has 0 bridgehead atoms. The molecule has 0 amide bonds. The van der Waals surface area contributed by atoms with Crippen molar-refractivity contribution >= 4 is 6.29 Å². The van der Waals surface area contributed by atoms with Gasteiger partial charge in [0, 0.05) is 0 Å². The summed E-state index contributed by atoms with van der Waals surface area (Å²) in [7, 11) is 0. The highest BCUT2D eigenvalue weighted by atomic mass is 16.1. The van der Waals surface area contributed by atoms with Gasteiger partial charge < -0.3 is 0 Å². The Morgan fingerprint density at radius 1 is 1.13 bits per heavy atom. The summed E-state index contributed by atoms with van der Waals surface area (Å²) in [6.45, 7) is 4.44. The number of unbranched alkanes of at least 4 members (excludes halogenated alkanes) is 4. The number of hydrogen-bond donors (Lipinski definition) is 0. The summed E-state index contributed by atoms with van der Waals surface area (Å²) in [4.78, 5) is 13.1. The lowest BCUT2D eigenvalue weighted by molar-refractivity contribution is 0.274. The van der Waals surface area contributed by atoms with Gasteiger partial charge in [-0.3, -0.25) is 9.69 Å². The van der Waals surface area contributed by atoms with Crippen molar-refractivity contribution in [1.82, 2.24) is 4.90 Å². The summed E-state index contributed by atoms with van der Waals surface area (Å²) in [6.07, 6.45) is 12.2. The third-order valence-electron chi connectivity index (χ3n) is 3.30. The van der Waals surface area contributed by atoms with Gasteiger partial charge in [-0.05, 0) is 32.4 Å². The SMILES string of the molecule is CCCCCCCC([C]=O)N1CCCC1.